The van der Waals surface area contributed by atoms with Gasteiger partial charge in [-0.1, -0.05) is 60.7 Å². The SMILES string of the molecule is O=C(CNCCc1ccc(F)cc1)N(Cc1ccccc1)c1ccccc1. The number of carbonyl (C=O) groups excluding carboxylic acids is 1. The summed E-state index contributed by atoms with van der Waals surface area (Å²) in [6.07, 6.45) is 0.748. The fourth-order valence-corrected chi connectivity index (χ4v) is 2.87. The molecule has 3 rings (SSSR count). The zero-order valence-electron chi connectivity index (χ0n) is 15.1. The average Bonchev–Trinajstić information content (AvgIpc) is 2.72. The molecular formula is C23H23FN2O. The van der Waals surface area contributed by atoms with Crippen molar-refractivity contribution in [2.24, 2.45) is 0 Å². The molecule has 27 heavy (non-hydrogen) atoms. The van der Waals surface area contributed by atoms with Crippen LogP contribution in [0.15, 0.2) is 84.9 Å². The van der Waals surface area contributed by atoms with Crippen molar-refractivity contribution in [1.82, 2.24) is 5.32 Å². The Kier molecular flexibility index (Phi) is 6.72. The van der Waals surface area contributed by atoms with E-state index in [4.69, 9.17) is 0 Å². The smallest absolute Gasteiger partial charge is 0.241 e. The Morgan fingerprint density at radius 1 is 0.815 bits per heavy atom. The van der Waals surface area contributed by atoms with E-state index >= 15 is 0 Å². The summed E-state index contributed by atoms with van der Waals surface area (Å²) in [7, 11) is 0. The summed E-state index contributed by atoms with van der Waals surface area (Å²) in [5.41, 5.74) is 3.01. The van der Waals surface area contributed by atoms with Crippen molar-refractivity contribution in [3.63, 3.8) is 0 Å². The predicted molar refractivity (Wildman–Crippen MR) is 107 cm³/mol. The summed E-state index contributed by atoms with van der Waals surface area (Å²) in [5.74, 6) is -0.217. The number of halogens is 1. The minimum Gasteiger partial charge on any atom is -0.308 e. The molecule has 0 aliphatic heterocycles. The van der Waals surface area contributed by atoms with Gasteiger partial charge >= 0.3 is 0 Å². The van der Waals surface area contributed by atoms with E-state index in [-0.39, 0.29) is 18.3 Å². The number of benzene rings is 3. The second-order valence-corrected chi connectivity index (χ2v) is 6.35. The number of amides is 1. The predicted octanol–water partition coefficient (Wildman–Crippen LogP) is 4.19. The Labute approximate surface area is 159 Å². The molecule has 0 radical (unpaired) electrons. The second kappa shape index (κ2) is 9.64. The Balaban J connectivity index is 1.58. The summed E-state index contributed by atoms with van der Waals surface area (Å²) >= 11 is 0. The molecule has 1 N–H and O–H groups in total. The first-order chi connectivity index (χ1) is 13.2. The maximum Gasteiger partial charge on any atom is 0.241 e. The van der Waals surface area contributed by atoms with Crippen molar-refractivity contribution in [3.8, 4) is 0 Å². The Morgan fingerprint density at radius 2 is 1.44 bits per heavy atom. The molecule has 3 nitrogen and oxygen atoms in total. The normalized spacial score (nSPS) is 10.6. The van der Waals surface area contributed by atoms with Crippen LogP contribution >= 0.6 is 0 Å². The molecule has 0 saturated heterocycles. The number of rotatable bonds is 8. The third-order valence-corrected chi connectivity index (χ3v) is 4.33. The van der Waals surface area contributed by atoms with Crippen molar-refractivity contribution < 1.29 is 9.18 Å². The van der Waals surface area contributed by atoms with Gasteiger partial charge in [-0.15, -0.1) is 0 Å². The average molecular weight is 362 g/mol. The topological polar surface area (TPSA) is 32.3 Å². The molecule has 3 aromatic carbocycles. The van der Waals surface area contributed by atoms with Crippen LogP contribution in [0, 0.1) is 5.82 Å². The highest BCUT2D eigenvalue weighted by molar-refractivity contribution is 5.94. The minimum absolute atomic E-state index is 0.0177. The molecule has 138 valence electrons. The third-order valence-electron chi connectivity index (χ3n) is 4.33. The zero-order chi connectivity index (χ0) is 18.9. The fraction of sp³-hybridized carbons (Fsp3) is 0.174. The van der Waals surface area contributed by atoms with E-state index in [1.165, 1.54) is 12.1 Å². The summed E-state index contributed by atoms with van der Waals surface area (Å²) in [5, 5.41) is 3.20. The van der Waals surface area contributed by atoms with Crippen LogP contribution < -0.4 is 10.2 Å². The largest absolute Gasteiger partial charge is 0.308 e. The molecule has 0 aromatic heterocycles. The first-order valence-corrected chi connectivity index (χ1v) is 9.07. The molecule has 4 heteroatoms. The standard InChI is InChI=1S/C23H23FN2O/c24-21-13-11-19(12-14-21)15-16-25-17-23(27)26(22-9-5-2-6-10-22)18-20-7-3-1-4-8-20/h1-14,25H,15-18H2. The number of nitrogens with one attached hydrogen (secondary N) is 1. The highest BCUT2D eigenvalue weighted by atomic mass is 19.1. The molecule has 0 unspecified atom stereocenters. The maximum absolute atomic E-state index is 12.9. The quantitative estimate of drug-likeness (QED) is 0.610. The molecular weight excluding hydrogens is 339 g/mol. The van der Waals surface area contributed by atoms with Gasteiger partial charge in [0.2, 0.25) is 5.91 Å². The fourth-order valence-electron chi connectivity index (χ4n) is 2.87. The monoisotopic (exact) mass is 362 g/mol. The van der Waals surface area contributed by atoms with Crippen molar-refractivity contribution in [3.05, 3.63) is 102 Å². The van der Waals surface area contributed by atoms with E-state index in [9.17, 15) is 9.18 Å². The highest BCUT2D eigenvalue weighted by Gasteiger charge is 2.15. The lowest BCUT2D eigenvalue weighted by Gasteiger charge is -2.23. The molecule has 0 saturated carbocycles. The molecule has 0 aliphatic rings. The molecule has 0 fully saturated rings. The first kappa shape index (κ1) is 18.8. The zero-order valence-corrected chi connectivity index (χ0v) is 15.1. The lowest BCUT2D eigenvalue weighted by Crippen LogP contribution is -2.38. The molecule has 0 spiro atoms. The van der Waals surface area contributed by atoms with Gasteiger partial charge in [0, 0.05) is 5.69 Å². The van der Waals surface area contributed by atoms with E-state index < -0.39 is 0 Å². The molecule has 0 aliphatic carbocycles. The summed E-state index contributed by atoms with van der Waals surface area (Å²) in [6.45, 7) is 1.44. The van der Waals surface area contributed by atoms with Crippen LogP contribution in [0.2, 0.25) is 0 Å². The van der Waals surface area contributed by atoms with Gasteiger partial charge in [-0.3, -0.25) is 4.79 Å². The second-order valence-electron chi connectivity index (χ2n) is 6.35. The molecule has 0 heterocycles. The van der Waals surface area contributed by atoms with Gasteiger partial charge in [0.15, 0.2) is 0 Å². The van der Waals surface area contributed by atoms with Crippen LogP contribution in [-0.4, -0.2) is 19.0 Å². The molecule has 0 bridgehead atoms. The van der Waals surface area contributed by atoms with Crippen molar-refractivity contribution >= 4 is 11.6 Å². The van der Waals surface area contributed by atoms with Crippen LogP contribution in [0.4, 0.5) is 10.1 Å². The Bertz CT molecular complexity index is 835. The van der Waals surface area contributed by atoms with Gasteiger partial charge in [-0.25, -0.2) is 4.39 Å². The van der Waals surface area contributed by atoms with Gasteiger partial charge in [0.25, 0.3) is 0 Å². The number of para-hydroxylation sites is 1. The number of hydrogen-bond donors (Lipinski definition) is 1. The Morgan fingerprint density at radius 3 is 2.11 bits per heavy atom. The van der Waals surface area contributed by atoms with E-state index in [0.29, 0.717) is 13.1 Å². The summed E-state index contributed by atoms with van der Waals surface area (Å²) in [6, 6.07) is 26.1. The number of nitrogens with zero attached hydrogens (tertiary/aromatic N) is 1. The summed E-state index contributed by atoms with van der Waals surface area (Å²) in [4.78, 5) is 14.6. The maximum atomic E-state index is 12.9. The van der Waals surface area contributed by atoms with Gasteiger partial charge in [-0.2, -0.15) is 0 Å². The van der Waals surface area contributed by atoms with Gasteiger partial charge in [-0.05, 0) is 48.4 Å². The summed E-state index contributed by atoms with van der Waals surface area (Å²) < 4.78 is 12.9. The van der Waals surface area contributed by atoms with Gasteiger partial charge < -0.3 is 10.2 Å². The van der Waals surface area contributed by atoms with Gasteiger partial charge in [0.1, 0.15) is 5.82 Å². The van der Waals surface area contributed by atoms with E-state index in [1.54, 1.807) is 17.0 Å². The first-order valence-electron chi connectivity index (χ1n) is 9.07. The van der Waals surface area contributed by atoms with Crippen molar-refractivity contribution in [1.29, 1.82) is 0 Å². The van der Waals surface area contributed by atoms with Crippen molar-refractivity contribution in [2.45, 2.75) is 13.0 Å². The van der Waals surface area contributed by atoms with Crippen molar-refractivity contribution in [2.75, 3.05) is 18.0 Å². The number of hydrogen-bond acceptors (Lipinski definition) is 2. The van der Waals surface area contributed by atoms with Crippen LogP contribution in [0.25, 0.3) is 0 Å². The number of carbonyl (C=O) groups is 1. The third kappa shape index (κ3) is 5.76. The lowest BCUT2D eigenvalue weighted by molar-refractivity contribution is -0.117. The highest BCUT2D eigenvalue weighted by Crippen LogP contribution is 2.17. The van der Waals surface area contributed by atoms with Crippen LogP contribution in [0.3, 0.4) is 0 Å². The van der Waals surface area contributed by atoms with E-state index in [1.807, 2.05) is 60.7 Å². The van der Waals surface area contributed by atoms with Crippen LogP contribution in [0.1, 0.15) is 11.1 Å². The molecule has 1 amide bonds. The van der Waals surface area contributed by atoms with E-state index in [0.717, 1.165) is 23.2 Å². The molecule has 0 atom stereocenters. The molecule has 3 aromatic rings. The lowest BCUT2D eigenvalue weighted by atomic mass is 10.1. The van der Waals surface area contributed by atoms with Crippen LogP contribution in [0.5, 0.6) is 0 Å². The number of anilines is 1. The minimum atomic E-state index is -0.235. The van der Waals surface area contributed by atoms with Crippen LogP contribution in [-0.2, 0) is 17.8 Å². The van der Waals surface area contributed by atoms with Gasteiger partial charge in [0.05, 0.1) is 13.1 Å². The van der Waals surface area contributed by atoms with E-state index in [2.05, 4.69) is 5.32 Å². The Hall–Kier alpha value is -2.98.